The zero-order valence-corrected chi connectivity index (χ0v) is 35.9. The average molecular weight is 818 g/mol. The Balaban J connectivity index is 0.939. The highest BCUT2D eigenvalue weighted by molar-refractivity contribution is 6.01. The van der Waals surface area contributed by atoms with Gasteiger partial charge in [0.25, 0.3) is 5.91 Å². The van der Waals surface area contributed by atoms with Crippen LogP contribution in [0.15, 0.2) is 97.1 Å². The number of primary amides is 1. The predicted molar refractivity (Wildman–Crippen MR) is 235 cm³/mol. The monoisotopic (exact) mass is 817 g/mol. The normalized spacial score (nSPS) is 20.0. The summed E-state index contributed by atoms with van der Waals surface area (Å²) in [7, 11) is 0. The average Bonchev–Trinajstić information content (AvgIpc) is 3.53. The number of ether oxygens (including phenoxy) is 3. The molecule has 0 spiro atoms. The topological polar surface area (TPSA) is 132 Å². The van der Waals surface area contributed by atoms with Gasteiger partial charge in [0.1, 0.15) is 23.1 Å². The molecule has 320 valence electrons. The highest BCUT2D eigenvalue weighted by Crippen LogP contribution is 2.45. The summed E-state index contributed by atoms with van der Waals surface area (Å²) in [5.74, 6) is 0.271. The summed E-state index contributed by atoms with van der Waals surface area (Å²) in [4.78, 5) is 41.9. The van der Waals surface area contributed by atoms with Crippen LogP contribution in [0.1, 0.15) is 110 Å². The first-order chi connectivity index (χ1) is 28.8. The second-order valence-electron chi connectivity index (χ2n) is 17.4. The van der Waals surface area contributed by atoms with E-state index in [9.17, 15) is 19.5 Å². The third-order valence-corrected chi connectivity index (χ3v) is 11.8. The molecule has 2 amide bonds. The summed E-state index contributed by atoms with van der Waals surface area (Å²) in [6, 6.07) is 19.2. The minimum Gasteiger partial charge on any atom is -0.508 e. The number of benzene rings is 3. The first-order valence-electron chi connectivity index (χ1n) is 21.6. The second-order valence-corrected chi connectivity index (χ2v) is 17.4. The molecule has 1 fully saturated rings. The first-order valence-corrected chi connectivity index (χ1v) is 21.6. The first kappa shape index (κ1) is 44.4. The van der Waals surface area contributed by atoms with Crippen LogP contribution in [0.5, 0.6) is 11.5 Å². The number of rotatable bonds is 18. The van der Waals surface area contributed by atoms with Gasteiger partial charge in [-0.3, -0.25) is 14.4 Å². The minimum atomic E-state index is -0.892. The van der Waals surface area contributed by atoms with Gasteiger partial charge in [-0.05, 0) is 143 Å². The van der Waals surface area contributed by atoms with Gasteiger partial charge in [-0.25, -0.2) is 0 Å². The second kappa shape index (κ2) is 20.4. The highest BCUT2D eigenvalue weighted by Gasteiger charge is 2.36. The molecule has 0 radical (unpaired) electrons. The molecule has 6 rings (SSSR count). The van der Waals surface area contributed by atoms with Crippen molar-refractivity contribution in [3.63, 3.8) is 0 Å². The fraction of sp³-hybridized carbons (Fsp3) is 0.460. The molecule has 0 bridgehead atoms. The Hall–Kier alpha value is -5.19. The lowest BCUT2D eigenvalue weighted by molar-refractivity contribution is -0.155. The number of amides is 2. The van der Waals surface area contributed by atoms with Crippen LogP contribution in [0.25, 0.3) is 0 Å². The highest BCUT2D eigenvalue weighted by atomic mass is 16.6. The number of phenolic OH excluding ortho intramolecular Hbond substituents is 1. The van der Waals surface area contributed by atoms with Crippen LogP contribution in [0, 0.1) is 5.92 Å². The van der Waals surface area contributed by atoms with E-state index < -0.39 is 23.5 Å². The number of hydrogen-bond donors (Lipinski definition) is 2. The van der Waals surface area contributed by atoms with E-state index in [0.29, 0.717) is 30.9 Å². The molecule has 3 aromatic rings. The van der Waals surface area contributed by atoms with E-state index in [4.69, 9.17) is 19.9 Å². The third-order valence-electron chi connectivity index (χ3n) is 11.8. The Kier molecular flexibility index (Phi) is 15.1. The summed E-state index contributed by atoms with van der Waals surface area (Å²) in [6.07, 6.45) is 14.1. The number of carbonyl (C=O) groups is 3. The third kappa shape index (κ3) is 11.8. The van der Waals surface area contributed by atoms with E-state index in [1.165, 1.54) is 21.6 Å². The quantitative estimate of drug-likeness (QED) is 0.0747. The smallest absolute Gasteiger partial charge is 0.306 e. The maximum Gasteiger partial charge on any atom is 0.306 e. The summed E-state index contributed by atoms with van der Waals surface area (Å²) < 4.78 is 18.0. The molecule has 3 aliphatic rings. The Morgan fingerprint density at radius 1 is 1.02 bits per heavy atom. The van der Waals surface area contributed by atoms with Crippen molar-refractivity contribution >= 4 is 17.8 Å². The number of esters is 1. The largest absolute Gasteiger partial charge is 0.508 e. The van der Waals surface area contributed by atoms with E-state index in [0.717, 1.165) is 74.2 Å². The van der Waals surface area contributed by atoms with E-state index >= 15 is 0 Å². The van der Waals surface area contributed by atoms with Gasteiger partial charge < -0.3 is 34.9 Å². The number of carbonyl (C=O) groups excluding carboxylic acids is 3. The summed E-state index contributed by atoms with van der Waals surface area (Å²) in [6.45, 7) is 16.2. The van der Waals surface area contributed by atoms with Crippen LogP contribution in [-0.2, 0) is 38.4 Å². The summed E-state index contributed by atoms with van der Waals surface area (Å²) in [5.41, 5.74) is 12.3. The van der Waals surface area contributed by atoms with Crippen LogP contribution in [0.2, 0.25) is 0 Å². The number of aryl methyl sites for hydroxylation is 1. The van der Waals surface area contributed by atoms with Crippen molar-refractivity contribution in [2.24, 2.45) is 11.7 Å². The van der Waals surface area contributed by atoms with Gasteiger partial charge in [0.05, 0.1) is 19.3 Å². The van der Waals surface area contributed by atoms with E-state index in [1.807, 2.05) is 43.3 Å². The lowest BCUT2D eigenvalue weighted by atomic mass is 9.69. The maximum atomic E-state index is 13.3. The molecule has 2 heterocycles. The van der Waals surface area contributed by atoms with E-state index in [-0.39, 0.29) is 43.2 Å². The summed E-state index contributed by atoms with van der Waals surface area (Å²) >= 11 is 0. The molecule has 3 aromatic carbocycles. The predicted octanol–water partition coefficient (Wildman–Crippen LogP) is 8.20. The Morgan fingerprint density at radius 2 is 1.82 bits per heavy atom. The lowest BCUT2D eigenvalue weighted by Gasteiger charge is -2.35. The Morgan fingerprint density at radius 3 is 2.57 bits per heavy atom. The van der Waals surface area contributed by atoms with E-state index in [2.05, 4.69) is 54.0 Å². The van der Waals surface area contributed by atoms with Crippen molar-refractivity contribution in [2.75, 3.05) is 32.8 Å². The molecule has 1 unspecified atom stereocenters. The van der Waals surface area contributed by atoms with Crippen LogP contribution >= 0.6 is 0 Å². The summed E-state index contributed by atoms with van der Waals surface area (Å²) in [5, 5.41) is 10.2. The van der Waals surface area contributed by atoms with Crippen molar-refractivity contribution in [1.82, 2.24) is 9.80 Å². The van der Waals surface area contributed by atoms with Crippen molar-refractivity contribution in [3.05, 3.63) is 131 Å². The van der Waals surface area contributed by atoms with Gasteiger partial charge in [0.2, 0.25) is 5.91 Å². The Bertz CT molecular complexity index is 2050. The number of hydrogen-bond acceptors (Lipinski definition) is 8. The fourth-order valence-corrected chi connectivity index (χ4v) is 8.88. The maximum absolute atomic E-state index is 13.3. The van der Waals surface area contributed by atoms with Crippen LogP contribution in [-0.4, -0.2) is 83.3 Å². The van der Waals surface area contributed by atoms with Crippen LogP contribution in [0.3, 0.4) is 0 Å². The van der Waals surface area contributed by atoms with Gasteiger partial charge in [-0.2, -0.15) is 0 Å². The van der Waals surface area contributed by atoms with Gasteiger partial charge in [-0.15, -0.1) is 0 Å². The standard InChI is InChI=1S/C50H63N3O7/c1-6-7-8-11-34(2)42-21-16-37-31-39(54)17-22-43(37)47(42)36-14-18-40(19-15-36)58-28-10-27-52-26-9-12-41(33-52)59-29-25-35-13-20-44-38(30-35)32-53(49(44)57)45(48(51)56)23-24-46(55)60-50(3,4)5/h6-8,11,13-15,17-20,22,30-31,41-42,45,47,54H,2,9-10,12,16,21,23-29,32-33H2,1,3-5H3,(H2,51,56)/b7-6-,11-8-/t41?,42-,45+,47+/m1/s1. The van der Waals surface area contributed by atoms with Gasteiger partial charge >= 0.3 is 5.97 Å². The van der Waals surface area contributed by atoms with Crippen molar-refractivity contribution in [3.8, 4) is 11.5 Å². The molecular weight excluding hydrogens is 755 g/mol. The molecule has 10 heteroatoms. The molecule has 2 aliphatic heterocycles. The van der Waals surface area contributed by atoms with Gasteiger partial charge in [0, 0.05) is 37.5 Å². The number of phenols is 1. The number of nitrogens with zero attached hydrogens (tertiary/aromatic N) is 2. The zero-order valence-electron chi connectivity index (χ0n) is 35.9. The number of likely N-dealkylation sites (tertiary alicyclic amines) is 1. The molecule has 1 saturated heterocycles. The van der Waals surface area contributed by atoms with E-state index in [1.54, 1.807) is 26.8 Å². The minimum absolute atomic E-state index is 0.00562. The van der Waals surface area contributed by atoms with Crippen LogP contribution < -0.4 is 10.5 Å². The number of aromatic hydroxyl groups is 1. The molecular formula is C50H63N3O7. The Labute approximate surface area is 356 Å². The molecule has 4 atom stereocenters. The molecule has 0 saturated carbocycles. The number of allylic oxidation sites excluding steroid dienone is 5. The van der Waals surface area contributed by atoms with Crippen molar-refractivity contribution in [1.29, 1.82) is 0 Å². The molecule has 3 N–H and O–H groups in total. The SMILES string of the molecule is C=C(/C=C\C=C/C)[C@H]1CCc2cc(O)ccc2[C@H]1c1ccc(OCCCN2CCCC(OCCc3ccc4c(c3)CN([C@@H](CCC(=O)OC(C)(C)C)C(N)=O)C4=O)C2)cc1. The number of piperidine rings is 1. The molecule has 0 aromatic heterocycles. The zero-order chi connectivity index (χ0) is 42.8. The lowest BCUT2D eigenvalue weighted by Crippen LogP contribution is -2.45. The van der Waals surface area contributed by atoms with Crippen LogP contribution in [0.4, 0.5) is 0 Å². The van der Waals surface area contributed by atoms with Crippen molar-refractivity contribution in [2.45, 2.75) is 109 Å². The van der Waals surface area contributed by atoms with Crippen molar-refractivity contribution < 1.29 is 33.7 Å². The number of nitrogens with two attached hydrogens (primary N) is 1. The molecule has 10 nitrogen and oxygen atoms in total. The van der Waals surface area contributed by atoms with Gasteiger partial charge in [-0.1, -0.05) is 66.8 Å². The molecule has 1 aliphatic carbocycles. The fourth-order valence-electron chi connectivity index (χ4n) is 8.88. The van der Waals surface area contributed by atoms with Gasteiger partial charge in [0.15, 0.2) is 0 Å². The molecule has 60 heavy (non-hydrogen) atoms. The number of fused-ring (bicyclic) bond motifs is 2.